The van der Waals surface area contributed by atoms with Gasteiger partial charge in [-0.3, -0.25) is 14.4 Å². The Bertz CT molecular complexity index is 2040. The molecule has 3 aromatic carbocycles. The minimum atomic E-state index is -4.09. The van der Waals surface area contributed by atoms with E-state index in [4.69, 9.17) is 6.42 Å². The van der Waals surface area contributed by atoms with Gasteiger partial charge in [0.1, 0.15) is 17.7 Å². The number of fused-ring (bicyclic) bond motifs is 1. The van der Waals surface area contributed by atoms with Crippen molar-refractivity contribution in [3.8, 4) is 12.3 Å². The highest BCUT2D eigenvalue weighted by Crippen LogP contribution is 2.24. The van der Waals surface area contributed by atoms with E-state index < -0.39 is 45.2 Å². The van der Waals surface area contributed by atoms with Crippen molar-refractivity contribution < 1.29 is 32.3 Å². The van der Waals surface area contributed by atoms with Gasteiger partial charge in [0, 0.05) is 18.7 Å². The summed E-state index contributed by atoms with van der Waals surface area (Å²) < 4.78 is 41.8. The number of carbonyl (C=O) groups is 3. The number of rotatable bonds is 13. The van der Waals surface area contributed by atoms with Crippen LogP contribution in [0.1, 0.15) is 46.6 Å². The van der Waals surface area contributed by atoms with Crippen molar-refractivity contribution in [2.24, 2.45) is 0 Å². The average Bonchev–Trinajstić information content (AvgIpc) is 3.00. The second-order valence-electron chi connectivity index (χ2n) is 10.8. The van der Waals surface area contributed by atoms with Crippen molar-refractivity contribution in [3.05, 3.63) is 99.3 Å². The van der Waals surface area contributed by atoms with Gasteiger partial charge in [-0.2, -0.15) is 0 Å². The van der Waals surface area contributed by atoms with Crippen LogP contribution < -0.4 is 20.5 Å². The van der Waals surface area contributed by atoms with E-state index in [1.54, 1.807) is 30.0 Å². The SMILES string of the molecule is C#CCN(Cc1cc2c(=O)[nH]c(C)nc2cc1C)c1ccc(C(=O)N[C@H](CCCC(=O)NS(=O)(=O)c2ccccc2)C(=O)O)c(F)c1. The van der Waals surface area contributed by atoms with Crippen LogP contribution in [-0.2, 0) is 26.2 Å². The van der Waals surface area contributed by atoms with Gasteiger partial charge in [-0.05, 0) is 80.3 Å². The number of amides is 2. The molecule has 0 aliphatic heterocycles. The molecule has 4 rings (SSSR count). The molecule has 4 N–H and O–H groups in total. The lowest BCUT2D eigenvalue weighted by molar-refractivity contribution is -0.139. The van der Waals surface area contributed by atoms with Gasteiger partial charge in [-0.15, -0.1) is 6.42 Å². The Kier molecular flexibility index (Phi) is 10.7. The molecule has 0 saturated heterocycles. The largest absolute Gasteiger partial charge is 0.480 e. The van der Waals surface area contributed by atoms with Gasteiger partial charge in [-0.25, -0.2) is 27.3 Å². The van der Waals surface area contributed by atoms with Gasteiger partial charge < -0.3 is 20.3 Å². The third-order valence-electron chi connectivity index (χ3n) is 7.29. The lowest BCUT2D eigenvalue weighted by Gasteiger charge is -2.24. The number of terminal acetylenes is 1. The molecule has 14 heteroatoms. The van der Waals surface area contributed by atoms with Crippen molar-refractivity contribution in [2.45, 2.75) is 50.6 Å². The number of aryl methyl sites for hydroxylation is 2. The van der Waals surface area contributed by atoms with Crippen LogP contribution in [0.4, 0.5) is 10.1 Å². The van der Waals surface area contributed by atoms with Gasteiger partial charge in [-0.1, -0.05) is 24.1 Å². The molecule has 244 valence electrons. The Hall–Kier alpha value is -5.55. The minimum absolute atomic E-state index is 0.0757. The van der Waals surface area contributed by atoms with Gasteiger partial charge in [0.15, 0.2) is 0 Å². The van der Waals surface area contributed by atoms with Crippen LogP contribution in [0.5, 0.6) is 0 Å². The van der Waals surface area contributed by atoms with Crippen molar-refractivity contribution in [1.82, 2.24) is 20.0 Å². The summed E-state index contributed by atoms with van der Waals surface area (Å²) in [5.74, 6) is -1.18. The van der Waals surface area contributed by atoms with Gasteiger partial charge in [0.25, 0.3) is 21.5 Å². The van der Waals surface area contributed by atoms with Crippen molar-refractivity contribution in [2.75, 3.05) is 11.4 Å². The molecule has 4 aromatic rings. The number of hydrogen-bond acceptors (Lipinski definition) is 8. The molecule has 0 fully saturated rings. The highest BCUT2D eigenvalue weighted by molar-refractivity contribution is 7.90. The Morgan fingerprint density at radius 3 is 2.49 bits per heavy atom. The predicted octanol–water partition coefficient (Wildman–Crippen LogP) is 3.18. The molecule has 0 radical (unpaired) electrons. The molecule has 0 unspecified atom stereocenters. The number of hydrogen-bond donors (Lipinski definition) is 4. The second kappa shape index (κ2) is 14.7. The van der Waals surface area contributed by atoms with E-state index in [-0.39, 0.29) is 42.8 Å². The number of benzene rings is 3. The van der Waals surface area contributed by atoms with Gasteiger partial charge in [0.2, 0.25) is 5.91 Å². The fourth-order valence-corrected chi connectivity index (χ4v) is 5.92. The number of sulfonamides is 1. The normalized spacial score (nSPS) is 11.8. The Labute approximate surface area is 270 Å². The van der Waals surface area contributed by atoms with Crippen LogP contribution in [0.3, 0.4) is 0 Å². The van der Waals surface area contributed by atoms with Crippen LogP contribution in [0.2, 0.25) is 0 Å². The number of nitrogens with one attached hydrogen (secondary N) is 3. The molecule has 0 aliphatic carbocycles. The molecule has 2 amide bonds. The zero-order chi connectivity index (χ0) is 34.3. The Morgan fingerprint density at radius 2 is 1.83 bits per heavy atom. The maximum atomic E-state index is 15.3. The van der Waals surface area contributed by atoms with E-state index in [0.29, 0.717) is 22.4 Å². The first kappa shape index (κ1) is 34.3. The summed E-state index contributed by atoms with van der Waals surface area (Å²) in [5, 5.41) is 12.3. The summed E-state index contributed by atoms with van der Waals surface area (Å²) in [6.07, 6.45) is 4.95. The van der Waals surface area contributed by atoms with Crippen LogP contribution >= 0.6 is 0 Å². The number of carboxylic acids is 1. The molecule has 0 bridgehead atoms. The third-order valence-corrected chi connectivity index (χ3v) is 8.68. The molecule has 1 aromatic heterocycles. The van der Waals surface area contributed by atoms with Crippen molar-refractivity contribution in [1.29, 1.82) is 0 Å². The minimum Gasteiger partial charge on any atom is -0.480 e. The number of halogens is 1. The Balaban J connectivity index is 1.42. The summed E-state index contributed by atoms with van der Waals surface area (Å²) in [5.41, 5.74) is 1.76. The first-order valence-corrected chi connectivity index (χ1v) is 15.9. The first-order valence-electron chi connectivity index (χ1n) is 14.4. The summed E-state index contributed by atoms with van der Waals surface area (Å²) in [6.45, 7) is 3.83. The molecule has 0 spiro atoms. The highest BCUT2D eigenvalue weighted by atomic mass is 32.2. The number of carbonyl (C=O) groups excluding carboxylic acids is 2. The zero-order valence-corrected chi connectivity index (χ0v) is 26.4. The molecule has 0 aliphatic rings. The Morgan fingerprint density at radius 1 is 1.11 bits per heavy atom. The van der Waals surface area contributed by atoms with Crippen LogP contribution in [0, 0.1) is 32.0 Å². The number of nitrogens with zero attached hydrogens (tertiary/aromatic N) is 2. The molecule has 1 atom stereocenters. The number of carboxylic acid groups (broad SMARTS) is 1. The molecule has 12 nitrogen and oxygen atoms in total. The summed E-state index contributed by atoms with van der Waals surface area (Å²) >= 11 is 0. The van der Waals surface area contributed by atoms with Crippen LogP contribution in [0.15, 0.2) is 70.4 Å². The summed E-state index contributed by atoms with van der Waals surface area (Å²) in [7, 11) is -4.09. The maximum Gasteiger partial charge on any atom is 0.326 e. The van der Waals surface area contributed by atoms with Crippen LogP contribution in [0.25, 0.3) is 10.9 Å². The van der Waals surface area contributed by atoms with E-state index in [2.05, 4.69) is 21.2 Å². The van der Waals surface area contributed by atoms with Crippen LogP contribution in [-0.4, -0.2) is 53.9 Å². The summed E-state index contributed by atoms with van der Waals surface area (Å²) in [4.78, 5) is 58.0. The fraction of sp³-hybridized carbons (Fsp3) is 0.242. The number of aromatic nitrogens is 2. The average molecular weight is 662 g/mol. The van der Waals surface area contributed by atoms with E-state index in [1.807, 2.05) is 11.6 Å². The molecule has 1 heterocycles. The molecular formula is C33H32FN5O7S. The zero-order valence-electron chi connectivity index (χ0n) is 25.5. The monoisotopic (exact) mass is 661 g/mol. The van der Waals surface area contributed by atoms with E-state index >= 15 is 4.39 Å². The molecular weight excluding hydrogens is 629 g/mol. The van der Waals surface area contributed by atoms with Gasteiger partial charge >= 0.3 is 5.97 Å². The van der Waals surface area contributed by atoms with Crippen molar-refractivity contribution >= 4 is 44.4 Å². The quantitative estimate of drug-likeness (QED) is 0.157. The number of aromatic amines is 1. The van der Waals surface area contributed by atoms with Gasteiger partial charge in [0.05, 0.1) is 27.9 Å². The number of anilines is 1. The van der Waals surface area contributed by atoms with Crippen molar-refractivity contribution in [3.63, 3.8) is 0 Å². The lowest BCUT2D eigenvalue weighted by atomic mass is 10.0. The summed E-state index contributed by atoms with van der Waals surface area (Å²) in [6, 6.07) is 13.0. The lowest BCUT2D eigenvalue weighted by Crippen LogP contribution is -2.41. The smallest absolute Gasteiger partial charge is 0.326 e. The van der Waals surface area contributed by atoms with E-state index in [1.165, 1.54) is 36.4 Å². The molecule has 0 saturated carbocycles. The maximum absolute atomic E-state index is 15.3. The third kappa shape index (κ3) is 8.59. The van der Waals surface area contributed by atoms with E-state index in [9.17, 15) is 32.7 Å². The second-order valence-corrected chi connectivity index (χ2v) is 12.5. The number of aliphatic carboxylic acids is 1. The molecule has 47 heavy (non-hydrogen) atoms. The standard InChI is InChI=1S/C33H32FN5O7S/c1-4-15-39(19-22-17-26-29(16-20(22)2)35-21(3)36-32(26)42)23-13-14-25(27(34)18-23)31(41)37-28(33(43)44)11-8-12-30(40)38-47(45,46)24-9-6-5-7-10-24/h1,5-7,9-10,13-14,16-18,28H,8,11-12,15,19H2,2-3H3,(H,37,41)(H,38,40)(H,43,44)(H,35,36,42)/t28-/m1/s1. The first-order chi connectivity index (χ1) is 22.3. The number of H-pyrrole nitrogens is 1. The predicted molar refractivity (Wildman–Crippen MR) is 173 cm³/mol. The topological polar surface area (TPSA) is 179 Å². The highest BCUT2D eigenvalue weighted by Gasteiger charge is 2.24. The fourth-order valence-electron chi connectivity index (χ4n) is 4.88. The van der Waals surface area contributed by atoms with E-state index in [0.717, 1.165) is 17.2 Å².